The van der Waals surface area contributed by atoms with Gasteiger partial charge in [0.25, 0.3) is 0 Å². The van der Waals surface area contributed by atoms with E-state index in [1.807, 2.05) is 0 Å². The zero-order chi connectivity index (χ0) is 14.7. The third-order valence-corrected chi connectivity index (χ3v) is 4.77. The number of rotatable bonds is 4. The fourth-order valence-electron chi connectivity index (χ4n) is 3.23. The predicted molar refractivity (Wildman–Crippen MR) is 80.8 cm³/mol. The molecule has 6 heteroatoms. The normalized spacial score (nSPS) is 23.8. The van der Waals surface area contributed by atoms with E-state index in [0.29, 0.717) is 18.9 Å². The minimum Gasteiger partial charge on any atom is -0.354 e. The first-order valence-corrected chi connectivity index (χ1v) is 8.00. The van der Waals surface area contributed by atoms with E-state index in [4.69, 9.17) is 0 Å². The van der Waals surface area contributed by atoms with Gasteiger partial charge in [-0.1, -0.05) is 6.92 Å². The number of hydrogen-bond acceptors (Lipinski definition) is 4. The van der Waals surface area contributed by atoms with Gasteiger partial charge in [-0.2, -0.15) is 0 Å². The third kappa shape index (κ3) is 3.44. The van der Waals surface area contributed by atoms with Crippen molar-refractivity contribution in [2.75, 3.05) is 26.2 Å². The van der Waals surface area contributed by atoms with Crippen molar-refractivity contribution in [3.05, 3.63) is 17.7 Å². The molecule has 3 N–H and O–H groups in total. The molecule has 0 aliphatic carbocycles. The Bertz CT molecular complexity index is 478. The maximum Gasteiger partial charge on any atom is 0.237 e. The number of imidazole rings is 1. The van der Waals surface area contributed by atoms with Crippen LogP contribution in [-0.4, -0.2) is 53.0 Å². The van der Waals surface area contributed by atoms with E-state index in [9.17, 15) is 4.79 Å². The molecular formula is C15H25N5O. The molecule has 1 aromatic heterocycles. The Morgan fingerprint density at radius 1 is 1.48 bits per heavy atom. The summed E-state index contributed by atoms with van der Waals surface area (Å²) in [5, 5.41) is 6.39. The molecule has 1 fully saturated rings. The number of hydrogen-bond donors (Lipinski definition) is 3. The molecule has 6 nitrogen and oxygen atoms in total. The average Bonchev–Trinajstić information content (AvgIpc) is 3.00. The van der Waals surface area contributed by atoms with Crippen LogP contribution in [0.4, 0.5) is 0 Å². The topological polar surface area (TPSA) is 73.0 Å². The van der Waals surface area contributed by atoms with Gasteiger partial charge in [-0.25, -0.2) is 4.98 Å². The number of fused-ring (bicyclic) bond motifs is 1. The summed E-state index contributed by atoms with van der Waals surface area (Å²) < 4.78 is 0. The summed E-state index contributed by atoms with van der Waals surface area (Å²) >= 11 is 0. The molecule has 1 aromatic rings. The number of nitrogens with one attached hydrogen (secondary N) is 3. The number of H-pyrrole nitrogens is 1. The van der Waals surface area contributed by atoms with Crippen LogP contribution in [0.25, 0.3) is 0 Å². The number of aromatic nitrogens is 2. The fourth-order valence-corrected chi connectivity index (χ4v) is 3.23. The van der Waals surface area contributed by atoms with Gasteiger partial charge in [0.2, 0.25) is 5.91 Å². The third-order valence-electron chi connectivity index (χ3n) is 4.77. The van der Waals surface area contributed by atoms with Crippen molar-refractivity contribution in [2.45, 2.75) is 38.8 Å². The molecule has 3 rings (SSSR count). The van der Waals surface area contributed by atoms with Gasteiger partial charge in [0.15, 0.2) is 0 Å². The van der Waals surface area contributed by atoms with Crippen molar-refractivity contribution in [2.24, 2.45) is 5.92 Å². The van der Waals surface area contributed by atoms with E-state index in [0.717, 1.165) is 37.6 Å². The van der Waals surface area contributed by atoms with E-state index in [1.165, 1.54) is 12.8 Å². The van der Waals surface area contributed by atoms with Crippen LogP contribution in [0.3, 0.4) is 0 Å². The lowest BCUT2D eigenvalue weighted by Crippen LogP contribution is -2.49. The summed E-state index contributed by atoms with van der Waals surface area (Å²) in [6.07, 6.45) is 4.76. The molecule has 21 heavy (non-hydrogen) atoms. The van der Waals surface area contributed by atoms with Crippen molar-refractivity contribution in [1.82, 2.24) is 25.5 Å². The number of carbonyl (C=O) groups is 1. The average molecular weight is 291 g/mol. The smallest absolute Gasteiger partial charge is 0.237 e. The highest BCUT2D eigenvalue weighted by atomic mass is 16.2. The minimum absolute atomic E-state index is 0.113. The lowest BCUT2D eigenvalue weighted by molar-refractivity contribution is -0.123. The van der Waals surface area contributed by atoms with Gasteiger partial charge >= 0.3 is 0 Å². The molecule has 0 saturated carbocycles. The fraction of sp³-hybridized carbons (Fsp3) is 0.733. The Hall–Kier alpha value is -1.40. The summed E-state index contributed by atoms with van der Waals surface area (Å²) in [5.74, 6) is 0.739. The largest absolute Gasteiger partial charge is 0.354 e. The molecule has 1 unspecified atom stereocenters. The zero-order valence-corrected chi connectivity index (χ0v) is 12.7. The number of aromatic amines is 1. The van der Waals surface area contributed by atoms with Gasteiger partial charge in [0.05, 0.1) is 23.8 Å². The quantitative estimate of drug-likeness (QED) is 0.745. The van der Waals surface area contributed by atoms with Gasteiger partial charge in [0.1, 0.15) is 0 Å². The standard InChI is InChI=1S/C15H25N5O/c1-2-20-5-3-11(4-6-20)8-17-15(21)13-7-12-14(9-16-13)19-10-18-12/h10-11,13,16H,2-9H2,1H3,(H,17,21)(H,18,19). The van der Waals surface area contributed by atoms with E-state index < -0.39 is 0 Å². The molecule has 1 atom stereocenters. The summed E-state index contributed by atoms with van der Waals surface area (Å²) in [6.45, 7) is 7.17. The van der Waals surface area contributed by atoms with Crippen LogP contribution in [0, 0.1) is 5.92 Å². The Morgan fingerprint density at radius 2 is 2.29 bits per heavy atom. The maximum absolute atomic E-state index is 12.3. The van der Waals surface area contributed by atoms with Crippen molar-refractivity contribution in [3.63, 3.8) is 0 Å². The van der Waals surface area contributed by atoms with E-state index in [1.54, 1.807) is 6.33 Å². The van der Waals surface area contributed by atoms with Gasteiger partial charge < -0.3 is 15.2 Å². The minimum atomic E-state index is -0.142. The highest BCUT2D eigenvalue weighted by Crippen LogP contribution is 2.16. The van der Waals surface area contributed by atoms with E-state index >= 15 is 0 Å². The summed E-state index contributed by atoms with van der Waals surface area (Å²) in [7, 11) is 0. The van der Waals surface area contributed by atoms with E-state index in [2.05, 4.69) is 32.4 Å². The molecule has 0 spiro atoms. The monoisotopic (exact) mass is 291 g/mol. The molecule has 116 valence electrons. The molecule has 0 aromatic carbocycles. The highest BCUT2D eigenvalue weighted by molar-refractivity contribution is 5.82. The van der Waals surface area contributed by atoms with Crippen LogP contribution < -0.4 is 10.6 Å². The van der Waals surface area contributed by atoms with Gasteiger partial charge in [-0.3, -0.25) is 10.1 Å². The number of likely N-dealkylation sites (tertiary alicyclic amines) is 1. The maximum atomic E-state index is 12.3. The molecule has 1 saturated heterocycles. The van der Waals surface area contributed by atoms with Crippen molar-refractivity contribution in [3.8, 4) is 0 Å². The second-order valence-electron chi connectivity index (χ2n) is 6.09. The second kappa shape index (κ2) is 6.58. The molecule has 2 aliphatic rings. The van der Waals surface area contributed by atoms with Crippen molar-refractivity contribution >= 4 is 5.91 Å². The Kier molecular flexibility index (Phi) is 4.55. The van der Waals surface area contributed by atoms with Crippen LogP contribution in [0.5, 0.6) is 0 Å². The predicted octanol–water partition coefficient (Wildman–Crippen LogP) is 0.272. The summed E-state index contributed by atoms with van der Waals surface area (Å²) in [6, 6.07) is -0.142. The highest BCUT2D eigenvalue weighted by Gasteiger charge is 2.26. The first-order chi connectivity index (χ1) is 10.3. The Morgan fingerprint density at radius 3 is 3.05 bits per heavy atom. The van der Waals surface area contributed by atoms with Crippen LogP contribution in [-0.2, 0) is 17.8 Å². The van der Waals surface area contributed by atoms with Crippen LogP contribution in [0.1, 0.15) is 31.2 Å². The summed E-state index contributed by atoms with van der Waals surface area (Å²) in [5.41, 5.74) is 2.12. The SMILES string of the molecule is CCN1CCC(CNC(=O)C2Cc3nc[nH]c3CN2)CC1. The second-order valence-corrected chi connectivity index (χ2v) is 6.09. The summed E-state index contributed by atoms with van der Waals surface area (Å²) in [4.78, 5) is 22.1. The first kappa shape index (κ1) is 14.5. The molecule has 0 bridgehead atoms. The molecular weight excluding hydrogens is 266 g/mol. The Balaban J connectivity index is 1.43. The molecule has 0 radical (unpaired) electrons. The lowest BCUT2D eigenvalue weighted by Gasteiger charge is -2.31. The van der Waals surface area contributed by atoms with Crippen molar-refractivity contribution in [1.29, 1.82) is 0 Å². The zero-order valence-electron chi connectivity index (χ0n) is 12.7. The van der Waals surface area contributed by atoms with Crippen LogP contribution in [0.2, 0.25) is 0 Å². The molecule has 3 heterocycles. The lowest BCUT2D eigenvalue weighted by atomic mass is 9.96. The molecule has 1 amide bonds. The molecule has 2 aliphatic heterocycles. The van der Waals surface area contributed by atoms with Gasteiger partial charge in [-0.15, -0.1) is 0 Å². The number of nitrogens with zero attached hydrogens (tertiary/aromatic N) is 2. The number of amides is 1. The van der Waals surface area contributed by atoms with Gasteiger partial charge in [0, 0.05) is 19.5 Å². The van der Waals surface area contributed by atoms with Crippen LogP contribution in [0.15, 0.2) is 6.33 Å². The van der Waals surface area contributed by atoms with Crippen LogP contribution >= 0.6 is 0 Å². The van der Waals surface area contributed by atoms with E-state index in [-0.39, 0.29) is 11.9 Å². The number of piperidine rings is 1. The Labute approximate surface area is 125 Å². The van der Waals surface area contributed by atoms with Crippen molar-refractivity contribution < 1.29 is 4.79 Å². The number of carbonyl (C=O) groups excluding carboxylic acids is 1. The van der Waals surface area contributed by atoms with Gasteiger partial charge in [-0.05, 0) is 38.4 Å². The first-order valence-electron chi connectivity index (χ1n) is 8.00.